The summed E-state index contributed by atoms with van der Waals surface area (Å²) < 4.78 is 3.43. The highest BCUT2D eigenvalue weighted by Gasteiger charge is 2.39. The van der Waals surface area contributed by atoms with Gasteiger partial charge < -0.3 is 29.6 Å². The molecule has 0 bridgehead atoms. The molecule has 2 saturated heterocycles. The molecule has 2 fully saturated rings. The van der Waals surface area contributed by atoms with E-state index < -0.39 is 18.0 Å². The molecule has 10 heteroatoms. The van der Waals surface area contributed by atoms with Crippen LogP contribution >= 0.6 is 0 Å². The molecule has 0 saturated carbocycles. The molecule has 10 nitrogen and oxygen atoms in total. The SMILES string of the molecule is Cn1cccc1C(=O)N1CCN(C(=O)c2cccn2C)[C@H](C(=O)N[C@H]2CCCNC2=O)C1. The van der Waals surface area contributed by atoms with Crippen LogP contribution in [0.3, 0.4) is 0 Å². The van der Waals surface area contributed by atoms with Crippen LogP contribution in [-0.2, 0) is 23.7 Å². The fraction of sp³-hybridized carbons (Fsp3) is 0.455. The number of rotatable bonds is 4. The smallest absolute Gasteiger partial charge is 0.271 e. The average molecular weight is 441 g/mol. The van der Waals surface area contributed by atoms with Crippen LogP contribution < -0.4 is 10.6 Å². The van der Waals surface area contributed by atoms with Crippen molar-refractivity contribution in [3.63, 3.8) is 0 Å². The van der Waals surface area contributed by atoms with Gasteiger partial charge in [0.05, 0.1) is 6.54 Å². The van der Waals surface area contributed by atoms with Crippen LogP contribution in [-0.4, -0.2) is 80.8 Å². The standard InChI is InChI=1S/C22H28N6O4/c1-25-10-4-7-16(25)21(31)27-12-13-28(22(32)17-8-5-11-26(17)2)18(14-27)20(30)24-15-6-3-9-23-19(15)29/h4-5,7-8,10-11,15,18H,3,6,9,12-14H2,1-2H3,(H,23,29)(H,24,30)/t15-,18-/m0/s1. The van der Waals surface area contributed by atoms with Gasteiger partial charge in [0, 0.05) is 46.1 Å². The second-order valence-electron chi connectivity index (χ2n) is 8.27. The number of piperidine rings is 1. The van der Waals surface area contributed by atoms with Crippen LogP contribution in [0.1, 0.15) is 33.8 Å². The second kappa shape index (κ2) is 8.89. The summed E-state index contributed by atoms with van der Waals surface area (Å²) in [6.07, 6.45) is 4.87. The molecular weight excluding hydrogens is 412 g/mol. The molecule has 2 N–H and O–H groups in total. The first-order valence-corrected chi connectivity index (χ1v) is 10.8. The Morgan fingerprint density at radius 2 is 1.66 bits per heavy atom. The van der Waals surface area contributed by atoms with E-state index in [0.717, 1.165) is 6.42 Å². The van der Waals surface area contributed by atoms with E-state index in [-0.39, 0.29) is 30.8 Å². The summed E-state index contributed by atoms with van der Waals surface area (Å²) in [6, 6.07) is 5.45. The molecule has 4 heterocycles. The molecule has 0 aliphatic carbocycles. The summed E-state index contributed by atoms with van der Waals surface area (Å²) >= 11 is 0. The third kappa shape index (κ3) is 4.12. The van der Waals surface area contributed by atoms with Crippen molar-refractivity contribution in [2.24, 2.45) is 14.1 Å². The normalized spacial score (nSPS) is 21.2. The number of carbonyl (C=O) groups excluding carboxylic acids is 4. The van der Waals surface area contributed by atoms with E-state index in [1.807, 2.05) is 0 Å². The molecule has 2 aliphatic rings. The van der Waals surface area contributed by atoms with Crippen LogP contribution in [0.15, 0.2) is 36.7 Å². The van der Waals surface area contributed by atoms with Gasteiger partial charge in [0.15, 0.2) is 0 Å². The molecule has 2 aromatic heterocycles. The Kier molecular flexibility index (Phi) is 6.02. The van der Waals surface area contributed by atoms with Crippen molar-refractivity contribution in [2.75, 3.05) is 26.2 Å². The molecule has 170 valence electrons. The molecular formula is C22H28N6O4. The van der Waals surface area contributed by atoms with Crippen molar-refractivity contribution in [1.82, 2.24) is 29.6 Å². The number of aryl methyl sites for hydroxylation is 2. The van der Waals surface area contributed by atoms with E-state index >= 15 is 0 Å². The molecule has 2 aromatic rings. The Morgan fingerprint density at radius 1 is 1.00 bits per heavy atom. The van der Waals surface area contributed by atoms with Crippen LogP contribution in [0.4, 0.5) is 0 Å². The zero-order valence-corrected chi connectivity index (χ0v) is 18.3. The number of nitrogens with zero attached hydrogens (tertiary/aromatic N) is 4. The molecule has 2 aliphatic heterocycles. The van der Waals surface area contributed by atoms with Gasteiger partial charge in [0.2, 0.25) is 11.8 Å². The quantitative estimate of drug-likeness (QED) is 0.682. The number of hydrogen-bond acceptors (Lipinski definition) is 4. The molecule has 0 aromatic carbocycles. The Bertz CT molecular complexity index is 1040. The first-order valence-electron chi connectivity index (χ1n) is 10.8. The minimum absolute atomic E-state index is 0.0559. The van der Waals surface area contributed by atoms with E-state index in [1.165, 1.54) is 4.90 Å². The summed E-state index contributed by atoms with van der Waals surface area (Å²) in [6.45, 7) is 1.18. The first kappa shape index (κ1) is 21.7. The summed E-state index contributed by atoms with van der Waals surface area (Å²) in [5, 5.41) is 5.55. The van der Waals surface area contributed by atoms with Gasteiger partial charge >= 0.3 is 0 Å². The number of carbonyl (C=O) groups is 4. The number of nitrogens with one attached hydrogen (secondary N) is 2. The summed E-state index contributed by atoms with van der Waals surface area (Å²) in [5.41, 5.74) is 0.971. The number of piperazine rings is 1. The van der Waals surface area contributed by atoms with Gasteiger partial charge in [-0.3, -0.25) is 19.2 Å². The van der Waals surface area contributed by atoms with Gasteiger partial charge in [-0.2, -0.15) is 0 Å². The van der Waals surface area contributed by atoms with E-state index in [2.05, 4.69) is 10.6 Å². The molecule has 0 radical (unpaired) electrons. The van der Waals surface area contributed by atoms with Crippen molar-refractivity contribution in [3.05, 3.63) is 48.0 Å². The lowest BCUT2D eigenvalue weighted by Gasteiger charge is -2.41. The fourth-order valence-electron chi connectivity index (χ4n) is 4.29. The zero-order chi connectivity index (χ0) is 22.8. The third-order valence-corrected chi connectivity index (χ3v) is 6.16. The fourth-order valence-corrected chi connectivity index (χ4v) is 4.29. The molecule has 0 unspecified atom stereocenters. The van der Waals surface area contributed by atoms with Crippen molar-refractivity contribution in [2.45, 2.75) is 24.9 Å². The van der Waals surface area contributed by atoms with Gasteiger partial charge in [-0.1, -0.05) is 0 Å². The van der Waals surface area contributed by atoms with Crippen LogP contribution in [0, 0.1) is 0 Å². The second-order valence-corrected chi connectivity index (χ2v) is 8.27. The Morgan fingerprint density at radius 3 is 2.25 bits per heavy atom. The van der Waals surface area contributed by atoms with Gasteiger partial charge in [-0.25, -0.2) is 0 Å². The molecule has 4 amide bonds. The van der Waals surface area contributed by atoms with Gasteiger partial charge in [0.1, 0.15) is 23.5 Å². The largest absolute Gasteiger partial charge is 0.354 e. The molecule has 2 atom stereocenters. The molecule has 4 rings (SSSR count). The summed E-state index contributed by atoms with van der Waals surface area (Å²) in [5.74, 6) is -1.13. The van der Waals surface area contributed by atoms with Crippen molar-refractivity contribution < 1.29 is 19.2 Å². The molecule has 32 heavy (non-hydrogen) atoms. The Hall–Kier alpha value is -3.56. The average Bonchev–Trinajstić information content (AvgIpc) is 3.41. The lowest BCUT2D eigenvalue weighted by atomic mass is 10.0. The minimum Gasteiger partial charge on any atom is -0.354 e. The summed E-state index contributed by atoms with van der Waals surface area (Å²) in [7, 11) is 3.55. The number of hydrogen-bond donors (Lipinski definition) is 2. The maximum atomic E-state index is 13.3. The maximum Gasteiger partial charge on any atom is 0.271 e. The zero-order valence-electron chi connectivity index (χ0n) is 18.3. The highest BCUT2D eigenvalue weighted by atomic mass is 16.2. The predicted octanol–water partition coefficient (Wildman–Crippen LogP) is -0.275. The van der Waals surface area contributed by atoms with Gasteiger partial charge in [0.25, 0.3) is 11.8 Å². The van der Waals surface area contributed by atoms with Crippen molar-refractivity contribution in [1.29, 1.82) is 0 Å². The van der Waals surface area contributed by atoms with Crippen molar-refractivity contribution in [3.8, 4) is 0 Å². The maximum absolute atomic E-state index is 13.3. The van der Waals surface area contributed by atoms with E-state index in [9.17, 15) is 19.2 Å². The van der Waals surface area contributed by atoms with E-state index in [1.54, 1.807) is 64.8 Å². The monoisotopic (exact) mass is 440 g/mol. The number of aromatic nitrogens is 2. The topological polar surface area (TPSA) is 109 Å². The highest BCUT2D eigenvalue weighted by molar-refractivity contribution is 5.99. The third-order valence-electron chi connectivity index (χ3n) is 6.16. The number of amides is 4. The van der Waals surface area contributed by atoms with Crippen molar-refractivity contribution >= 4 is 23.6 Å². The van der Waals surface area contributed by atoms with E-state index in [0.29, 0.717) is 30.9 Å². The lowest BCUT2D eigenvalue weighted by molar-refractivity contribution is -0.133. The summed E-state index contributed by atoms with van der Waals surface area (Å²) in [4.78, 5) is 54.8. The lowest BCUT2D eigenvalue weighted by Crippen LogP contribution is -2.63. The Balaban J connectivity index is 1.57. The van der Waals surface area contributed by atoms with Gasteiger partial charge in [-0.05, 0) is 37.1 Å². The van der Waals surface area contributed by atoms with Crippen LogP contribution in [0.5, 0.6) is 0 Å². The Labute approximate surface area is 186 Å². The van der Waals surface area contributed by atoms with Gasteiger partial charge in [-0.15, -0.1) is 0 Å². The first-order chi connectivity index (χ1) is 15.4. The minimum atomic E-state index is -0.898. The van der Waals surface area contributed by atoms with Crippen LogP contribution in [0.25, 0.3) is 0 Å². The highest BCUT2D eigenvalue weighted by Crippen LogP contribution is 2.18. The molecule has 0 spiro atoms. The van der Waals surface area contributed by atoms with Crippen LogP contribution in [0.2, 0.25) is 0 Å². The predicted molar refractivity (Wildman–Crippen MR) is 116 cm³/mol. The van der Waals surface area contributed by atoms with E-state index in [4.69, 9.17) is 0 Å².